The van der Waals surface area contributed by atoms with Gasteiger partial charge in [-0.25, -0.2) is 4.42 Å². The average molecular weight is 470 g/mol. The second kappa shape index (κ2) is 10.8. The van der Waals surface area contributed by atoms with Crippen LogP contribution in [0.15, 0.2) is 40.6 Å². The molecule has 0 aliphatic carbocycles. The summed E-state index contributed by atoms with van der Waals surface area (Å²) in [6.07, 6.45) is 0. The van der Waals surface area contributed by atoms with E-state index in [1.807, 2.05) is 0 Å². The van der Waals surface area contributed by atoms with Gasteiger partial charge in [-0.1, -0.05) is 11.6 Å². The summed E-state index contributed by atoms with van der Waals surface area (Å²) in [6, 6.07) is 6.13. The van der Waals surface area contributed by atoms with Crippen LogP contribution in [0.3, 0.4) is 0 Å². The molecule has 0 saturated carbocycles. The van der Waals surface area contributed by atoms with Gasteiger partial charge in [-0.2, -0.15) is 10.2 Å². The largest absolute Gasteiger partial charge is 0.497 e. The molecular formula is C20H21Cl2N3O6. The first-order valence-electron chi connectivity index (χ1n) is 8.81. The molecule has 0 fully saturated rings. The molecule has 2 aromatic rings. The Balaban J connectivity index is 2.39. The average Bonchev–Trinajstić information content (AvgIpc) is 2.78. The maximum Gasteiger partial charge on any atom is 0.276 e. The van der Waals surface area contributed by atoms with Crippen LogP contribution < -0.4 is 23.4 Å². The maximum absolute atomic E-state index is 12.9. The number of ether oxygens (including phenoxy) is 4. The maximum atomic E-state index is 12.9. The van der Waals surface area contributed by atoms with Crippen LogP contribution in [0.25, 0.3) is 0 Å². The monoisotopic (exact) mass is 469 g/mol. The normalized spacial score (nSPS) is 11.7. The minimum absolute atomic E-state index is 0.179. The Morgan fingerprint density at radius 3 is 2.10 bits per heavy atom. The highest BCUT2D eigenvalue weighted by atomic mass is 35.5. The molecule has 0 aliphatic heterocycles. The lowest BCUT2D eigenvalue weighted by Gasteiger charge is -2.19. The molecule has 1 atom stereocenters. The van der Waals surface area contributed by atoms with Crippen molar-refractivity contribution < 1.29 is 28.5 Å². The topological polar surface area (TPSA) is 99.0 Å². The fourth-order valence-corrected chi connectivity index (χ4v) is 2.94. The predicted octanol–water partition coefficient (Wildman–Crippen LogP) is 4.60. The molecule has 0 radical (unpaired) electrons. The highest BCUT2D eigenvalue weighted by molar-refractivity contribution is 6.39. The summed E-state index contributed by atoms with van der Waals surface area (Å²) in [4.78, 5) is 25.1. The van der Waals surface area contributed by atoms with Crippen LogP contribution in [-0.2, 0) is 9.59 Å². The van der Waals surface area contributed by atoms with Crippen LogP contribution in [0.4, 0.5) is 11.4 Å². The Morgan fingerprint density at radius 2 is 1.55 bits per heavy atom. The van der Waals surface area contributed by atoms with Crippen LogP contribution in [-0.4, -0.2) is 46.2 Å². The minimum atomic E-state index is -1.52. The number of rotatable bonds is 9. The van der Waals surface area contributed by atoms with Gasteiger partial charge in [-0.15, -0.1) is 0 Å². The van der Waals surface area contributed by atoms with Crippen molar-refractivity contribution in [2.75, 3.05) is 32.9 Å². The van der Waals surface area contributed by atoms with Gasteiger partial charge in [0.25, 0.3) is 5.91 Å². The number of amides is 1. The molecule has 0 heterocycles. The number of ketones is 1. The van der Waals surface area contributed by atoms with Gasteiger partial charge in [0.15, 0.2) is 17.3 Å². The Labute approximate surface area is 189 Å². The Hall–Kier alpha value is -3.04. The predicted molar refractivity (Wildman–Crippen MR) is 116 cm³/mol. The van der Waals surface area contributed by atoms with E-state index < -0.39 is 17.7 Å². The minimum Gasteiger partial charge on any atom is -0.497 e. The van der Waals surface area contributed by atoms with Crippen molar-refractivity contribution in [3.63, 3.8) is 0 Å². The molecule has 0 N–H and O–H groups in total. The van der Waals surface area contributed by atoms with Crippen LogP contribution in [0.1, 0.15) is 6.92 Å². The summed E-state index contributed by atoms with van der Waals surface area (Å²) in [5.41, 5.74) is 0.359. The number of azo groups is 1. The van der Waals surface area contributed by atoms with Gasteiger partial charge in [0.05, 0.1) is 33.5 Å². The molecule has 2 aromatic carbocycles. The quantitative estimate of drug-likeness (QED) is 0.302. The van der Waals surface area contributed by atoms with Gasteiger partial charge in [-0.3, -0.25) is 9.59 Å². The first-order valence-corrected chi connectivity index (χ1v) is 9.53. The molecule has 31 heavy (non-hydrogen) atoms. The van der Waals surface area contributed by atoms with Gasteiger partial charge in [-0.05, 0) is 19.1 Å². The number of nitrogens with zero attached hydrogens (tertiary/aromatic N) is 3. The molecule has 9 nitrogen and oxygen atoms in total. The van der Waals surface area contributed by atoms with Gasteiger partial charge in [0, 0.05) is 30.0 Å². The number of hydrogen-bond acceptors (Lipinski definition) is 8. The lowest BCUT2D eigenvalue weighted by atomic mass is 10.2. The summed E-state index contributed by atoms with van der Waals surface area (Å²) >= 11 is 12.4. The highest BCUT2D eigenvalue weighted by Crippen LogP contribution is 2.38. The van der Waals surface area contributed by atoms with Crippen molar-refractivity contribution in [3.8, 4) is 23.0 Å². The molecule has 166 valence electrons. The van der Waals surface area contributed by atoms with Crippen LogP contribution in [0, 0.1) is 0 Å². The van der Waals surface area contributed by atoms with E-state index in [1.54, 1.807) is 12.1 Å². The number of Topliss-reactive ketones (excluding diaryl/α,β-unsaturated/α-hetero) is 1. The number of halogens is 2. The zero-order valence-corrected chi connectivity index (χ0v) is 19.0. The molecule has 0 aromatic heterocycles. The molecule has 1 amide bonds. The smallest absolute Gasteiger partial charge is 0.276 e. The summed E-state index contributed by atoms with van der Waals surface area (Å²) in [5, 5.41) is 8.02. The molecule has 1 unspecified atom stereocenters. The lowest BCUT2D eigenvalue weighted by Crippen LogP contribution is -2.36. The first kappa shape index (κ1) is 24.2. The van der Waals surface area contributed by atoms with Crippen LogP contribution >= 0.6 is 23.4 Å². The third-order valence-corrected chi connectivity index (χ3v) is 4.80. The molecule has 2 rings (SSSR count). The van der Waals surface area contributed by atoms with Gasteiger partial charge in [0.2, 0.25) is 6.04 Å². The number of anilines is 1. The molecule has 0 spiro atoms. The van der Waals surface area contributed by atoms with Crippen molar-refractivity contribution in [2.45, 2.75) is 13.0 Å². The fourth-order valence-electron chi connectivity index (χ4n) is 2.52. The van der Waals surface area contributed by atoms with Gasteiger partial charge >= 0.3 is 0 Å². The second-order valence-corrected chi connectivity index (χ2v) is 6.79. The number of methoxy groups -OCH3 is 4. The molecular weight excluding hydrogens is 449 g/mol. The van der Waals surface area contributed by atoms with Gasteiger partial charge in [0.1, 0.15) is 22.9 Å². The second-order valence-electron chi connectivity index (χ2n) is 6.04. The standard InChI is InChI=1S/C20H21Cl2N3O6/c1-11(26)19(24-23-14-10-18(31-5)17(30-4)9-13(14)21)20(27)25(22)15-8-12(28-2)6-7-16(15)29-3/h6-10,19H,1-5H3. The van der Waals surface area contributed by atoms with Crippen molar-refractivity contribution in [3.05, 3.63) is 35.4 Å². The van der Waals surface area contributed by atoms with Crippen molar-refractivity contribution >= 4 is 46.4 Å². The number of hydrogen-bond donors (Lipinski definition) is 0. The van der Waals surface area contributed by atoms with Crippen molar-refractivity contribution in [1.82, 2.24) is 0 Å². The zero-order valence-electron chi connectivity index (χ0n) is 17.5. The SMILES string of the molecule is COc1ccc(OC)c(N(Cl)C(=O)C(N=Nc2cc(OC)c(OC)cc2Cl)C(C)=O)c1. The van der Waals surface area contributed by atoms with Crippen molar-refractivity contribution in [2.24, 2.45) is 10.2 Å². The zero-order chi connectivity index (χ0) is 23.1. The van der Waals surface area contributed by atoms with E-state index in [2.05, 4.69) is 10.2 Å². The molecule has 11 heteroatoms. The van der Waals surface area contributed by atoms with E-state index in [4.69, 9.17) is 42.3 Å². The number of carbonyl (C=O) groups is 2. The first-order chi connectivity index (χ1) is 14.8. The van der Waals surface area contributed by atoms with E-state index in [9.17, 15) is 9.59 Å². The Morgan fingerprint density at radius 1 is 0.935 bits per heavy atom. The summed E-state index contributed by atoms with van der Waals surface area (Å²) in [7, 11) is 5.79. The summed E-state index contributed by atoms with van der Waals surface area (Å²) in [5.74, 6) is 0.0759. The van der Waals surface area contributed by atoms with E-state index in [0.717, 1.165) is 4.42 Å². The molecule has 0 aliphatic rings. The van der Waals surface area contributed by atoms with E-state index in [-0.39, 0.29) is 16.4 Å². The van der Waals surface area contributed by atoms with Crippen LogP contribution in [0.5, 0.6) is 23.0 Å². The third-order valence-electron chi connectivity index (χ3n) is 4.14. The molecule has 0 bridgehead atoms. The van der Waals surface area contributed by atoms with E-state index >= 15 is 0 Å². The third kappa shape index (κ3) is 5.56. The van der Waals surface area contributed by atoms with Crippen molar-refractivity contribution in [1.29, 1.82) is 0 Å². The molecule has 0 saturated heterocycles. The summed E-state index contributed by atoms with van der Waals surface area (Å²) in [6.45, 7) is 1.20. The lowest BCUT2D eigenvalue weighted by molar-refractivity contribution is -0.126. The number of benzene rings is 2. The summed E-state index contributed by atoms with van der Waals surface area (Å²) < 4.78 is 21.5. The van der Waals surface area contributed by atoms with Gasteiger partial charge < -0.3 is 18.9 Å². The Kier molecular flexibility index (Phi) is 8.47. The van der Waals surface area contributed by atoms with E-state index in [0.29, 0.717) is 23.0 Å². The number of carbonyl (C=O) groups excluding carboxylic acids is 2. The fraction of sp³-hybridized carbons (Fsp3) is 0.300. The Bertz CT molecular complexity index is 999. The highest BCUT2D eigenvalue weighted by Gasteiger charge is 2.30. The van der Waals surface area contributed by atoms with Crippen LogP contribution in [0.2, 0.25) is 5.02 Å². The van der Waals surface area contributed by atoms with E-state index in [1.165, 1.54) is 53.6 Å².